The van der Waals surface area contributed by atoms with E-state index in [1.54, 1.807) is 19.9 Å². The van der Waals surface area contributed by atoms with Crippen molar-refractivity contribution < 1.29 is 27.9 Å². The van der Waals surface area contributed by atoms with E-state index in [-0.39, 0.29) is 11.3 Å². The van der Waals surface area contributed by atoms with Crippen LogP contribution in [-0.2, 0) is 19.6 Å². The van der Waals surface area contributed by atoms with Crippen molar-refractivity contribution in [3.63, 3.8) is 0 Å². The second kappa shape index (κ2) is 10.1. The minimum absolute atomic E-state index is 0.0248. The minimum Gasteiger partial charge on any atom is -0.497 e. The smallest absolute Gasteiger partial charge is 0.326 e. The van der Waals surface area contributed by atoms with Gasteiger partial charge in [-0.15, -0.1) is 6.58 Å². The monoisotopic (exact) mass is 398 g/mol. The summed E-state index contributed by atoms with van der Waals surface area (Å²) in [5, 5.41) is 11.6. The number of ether oxygens (including phenoxy) is 1. The van der Waals surface area contributed by atoms with Crippen LogP contribution in [0, 0.1) is 5.92 Å². The average molecular weight is 398 g/mol. The van der Waals surface area contributed by atoms with Gasteiger partial charge in [0, 0.05) is 0 Å². The van der Waals surface area contributed by atoms with E-state index in [0.29, 0.717) is 12.2 Å². The van der Waals surface area contributed by atoms with E-state index in [1.807, 2.05) is 0 Å². The number of benzene rings is 1. The molecular formula is C18H26N2O6S. The Morgan fingerprint density at radius 3 is 2.30 bits per heavy atom. The average Bonchev–Trinajstić information content (AvgIpc) is 2.62. The Morgan fingerprint density at radius 2 is 1.85 bits per heavy atom. The van der Waals surface area contributed by atoms with Crippen LogP contribution >= 0.6 is 0 Å². The van der Waals surface area contributed by atoms with Crippen LogP contribution in [0.25, 0.3) is 0 Å². The summed E-state index contributed by atoms with van der Waals surface area (Å²) in [5.74, 6) is -1.78. The van der Waals surface area contributed by atoms with Crippen molar-refractivity contribution in [3.8, 4) is 5.75 Å². The summed E-state index contributed by atoms with van der Waals surface area (Å²) in [5.41, 5.74) is 0. The molecule has 1 aromatic rings. The summed E-state index contributed by atoms with van der Waals surface area (Å²) >= 11 is 0. The fourth-order valence-electron chi connectivity index (χ4n) is 2.29. The summed E-state index contributed by atoms with van der Waals surface area (Å²) in [6.45, 7) is 6.86. The van der Waals surface area contributed by atoms with Gasteiger partial charge in [-0.25, -0.2) is 13.2 Å². The SMILES string of the molecule is C=CCCC(NC(=O)C(NS(=O)(=O)c1ccc(OC)cc1)C(C)C)C(=O)O. The maximum Gasteiger partial charge on any atom is 0.326 e. The van der Waals surface area contributed by atoms with Gasteiger partial charge in [0.05, 0.1) is 12.0 Å². The molecule has 0 spiro atoms. The molecule has 3 N–H and O–H groups in total. The molecule has 0 aliphatic heterocycles. The first-order chi connectivity index (χ1) is 12.6. The summed E-state index contributed by atoms with van der Waals surface area (Å²) in [6, 6.07) is 3.47. The number of amides is 1. The van der Waals surface area contributed by atoms with Crippen molar-refractivity contribution in [2.24, 2.45) is 5.92 Å². The van der Waals surface area contributed by atoms with E-state index in [9.17, 15) is 23.1 Å². The van der Waals surface area contributed by atoms with Crippen LogP contribution in [0.1, 0.15) is 26.7 Å². The third-order valence-electron chi connectivity index (χ3n) is 3.88. The zero-order valence-electron chi connectivity index (χ0n) is 15.6. The van der Waals surface area contributed by atoms with Gasteiger partial charge in [-0.2, -0.15) is 4.72 Å². The molecule has 0 fully saturated rings. The number of hydrogen-bond acceptors (Lipinski definition) is 5. The van der Waals surface area contributed by atoms with Crippen molar-refractivity contribution in [1.82, 2.24) is 10.0 Å². The molecule has 0 saturated carbocycles. The number of nitrogens with one attached hydrogen (secondary N) is 2. The first-order valence-electron chi connectivity index (χ1n) is 8.42. The molecule has 2 atom stereocenters. The Labute approximate surface area is 159 Å². The maximum atomic E-state index is 12.6. The van der Waals surface area contributed by atoms with Gasteiger partial charge in [-0.1, -0.05) is 19.9 Å². The Morgan fingerprint density at radius 1 is 1.26 bits per heavy atom. The predicted octanol–water partition coefficient (Wildman–Crippen LogP) is 1.53. The highest BCUT2D eigenvalue weighted by molar-refractivity contribution is 7.89. The van der Waals surface area contributed by atoms with Crippen molar-refractivity contribution in [2.45, 2.75) is 43.7 Å². The summed E-state index contributed by atoms with van der Waals surface area (Å²) in [4.78, 5) is 23.8. The third kappa shape index (κ3) is 6.69. The first kappa shape index (κ1) is 22.7. The number of allylic oxidation sites excluding steroid dienone is 1. The van der Waals surface area contributed by atoms with Crippen molar-refractivity contribution >= 4 is 21.9 Å². The first-order valence-corrected chi connectivity index (χ1v) is 9.91. The van der Waals surface area contributed by atoms with Gasteiger partial charge in [0.1, 0.15) is 17.8 Å². The molecule has 0 aliphatic rings. The van der Waals surface area contributed by atoms with E-state index >= 15 is 0 Å². The minimum atomic E-state index is -3.98. The fraction of sp³-hybridized carbons (Fsp3) is 0.444. The topological polar surface area (TPSA) is 122 Å². The molecule has 1 amide bonds. The van der Waals surface area contributed by atoms with Crippen LogP contribution in [0.2, 0.25) is 0 Å². The lowest BCUT2D eigenvalue weighted by Crippen LogP contribution is -2.53. The molecule has 8 nitrogen and oxygen atoms in total. The molecule has 27 heavy (non-hydrogen) atoms. The highest BCUT2D eigenvalue weighted by Gasteiger charge is 2.31. The summed E-state index contributed by atoms with van der Waals surface area (Å²) in [6.07, 6.45) is 2.12. The van der Waals surface area contributed by atoms with E-state index in [1.165, 1.54) is 31.4 Å². The number of carbonyl (C=O) groups excluding carboxylic acids is 1. The lowest BCUT2D eigenvalue weighted by atomic mass is 10.0. The number of carboxylic acids is 1. The molecule has 0 aromatic heterocycles. The molecule has 0 radical (unpaired) electrons. The number of sulfonamides is 1. The standard InChI is InChI=1S/C18H26N2O6S/c1-5-6-7-15(18(22)23)19-17(21)16(12(2)3)20-27(24,25)14-10-8-13(26-4)9-11-14/h5,8-12,15-16,20H,1,6-7H2,2-4H3,(H,19,21)(H,22,23). The lowest BCUT2D eigenvalue weighted by Gasteiger charge is -2.24. The normalized spacial score (nSPS) is 13.6. The number of rotatable bonds is 11. The van der Waals surface area contributed by atoms with Crippen molar-refractivity contribution in [1.29, 1.82) is 0 Å². The molecule has 2 unspecified atom stereocenters. The van der Waals surface area contributed by atoms with Crippen LogP contribution in [0.15, 0.2) is 41.8 Å². The van der Waals surface area contributed by atoms with E-state index in [2.05, 4.69) is 16.6 Å². The number of carboxylic acid groups (broad SMARTS) is 1. The van der Waals surface area contributed by atoms with E-state index < -0.39 is 39.9 Å². The zero-order chi connectivity index (χ0) is 20.6. The lowest BCUT2D eigenvalue weighted by molar-refractivity contribution is -0.142. The molecule has 0 saturated heterocycles. The van der Waals surface area contributed by atoms with Crippen LogP contribution in [0.3, 0.4) is 0 Å². The Kier molecular flexibility index (Phi) is 8.45. The van der Waals surface area contributed by atoms with Gasteiger partial charge in [-0.3, -0.25) is 4.79 Å². The van der Waals surface area contributed by atoms with Crippen molar-refractivity contribution in [3.05, 3.63) is 36.9 Å². The van der Waals surface area contributed by atoms with E-state index in [0.717, 1.165) is 0 Å². The largest absolute Gasteiger partial charge is 0.497 e. The molecule has 1 rings (SSSR count). The number of methoxy groups -OCH3 is 1. The van der Waals surface area contributed by atoms with Crippen LogP contribution in [0.4, 0.5) is 0 Å². The second-order valence-electron chi connectivity index (χ2n) is 6.28. The third-order valence-corrected chi connectivity index (χ3v) is 5.33. The molecule has 0 bridgehead atoms. The Bertz CT molecular complexity index is 759. The van der Waals surface area contributed by atoms with Crippen LogP contribution in [-0.4, -0.2) is 44.6 Å². The van der Waals surface area contributed by atoms with Gasteiger partial charge in [0.25, 0.3) is 0 Å². The highest BCUT2D eigenvalue weighted by Crippen LogP contribution is 2.17. The molecule has 0 aliphatic carbocycles. The number of carbonyl (C=O) groups is 2. The summed E-state index contributed by atoms with van der Waals surface area (Å²) < 4.78 is 32.5. The van der Waals surface area contributed by atoms with Gasteiger partial charge >= 0.3 is 5.97 Å². The number of hydrogen-bond donors (Lipinski definition) is 3. The molecular weight excluding hydrogens is 372 g/mol. The molecule has 0 heterocycles. The molecule has 150 valence electrons. The van der Waals surface area contributed by atoms with Crippen LogP contribution < -0.4 is 14.8 Å². The van der Waals surface area contributed by atoms with E-state index in [4.69, 9.17) is 4.74 Å². The number of aliphatic carboxylic acids is 1. The summed E-state index contributed by atoms with van der Waals surface area (Å²) in [7, 11) is -2.51. The van der Waals surface area contributed by atoms with Gasteiger partial charge in [-0.05, 0) is 43.0 Å². The molecule has 9 heteroatoms. The Hall–Kier alpha value is -2.39. The fourth-order valence-corrected chi connectivity index (χ4v) is 3.63. The van der Waals surface area contributed by atoms with Gasteiger partial charge in [0.15, 0.2) is 0 Å². The highest BCUT2D eigenvalue weighted by atomic mass is 32.2. The van der Waals surface area contributed by atoms with Gasteiger partial charge in [0.2, 0.25) is 15.9 Å². The quantitative estimate of drug-likeness (QED) is 0.486. The van der Waals surface area contributed by atoms with Crippen LogP contribution in [0.5, 0.6) is 5.75 Å². The predicted molar refractivity (Wildman–Crippen MR) is 101 cm³/mol. The zero-order valence-corrected chi connectivity index (χ0v) is 16.5. The van der Waals surface area contributed by atoms with Crippen molar-refractivity contribution in [2.75, 3.05) is 7.11 Å². The Balaban J connectivity index is 2.97. The van der Waals surface area contributed by atoms with Gasteiger partial charge < -0.3 is 15.2 Å². The second-order valence-corrected chi connectivity index (χ2v) is 8.00. The maximum absolute atomic E-state index is 12.6. The molecule has 1 aromatic carbocycles.